The number of rotatable bonds is 34. The molecule has 0 radical (unpaired) electrons. The zero-order valence-electron chi connectivity index (χ0n) is 50.9. The highest BCUT2D eigenvalue weighted by Crippen LogP contribution is 2.31. The molecule has 1 aliphatic rings. The minimum absolute atomic E-state index is 0.00815. The Labute approximate surface area is 491 Å². The number of nitrogens with one attached hydrogen (secondary N) is 5. The van der Waals surface area contributed by atoms with Gasteiger partial charge in [0.15, 0.2) is 0 Å². The summed E-state index contributed by atoms with van der Waals surface area (Å²) in [6.45, 7) is 18.8. The van der Waals surface area contributed by atoms with Crippen molar-refractivity contribution in [3.63, 3.8) is 0 Å². The van der Waals surface area contributed by atoms with Crippen molar-refractivity contribution in [1.29, 1.82) is 0 Å². The number of methoxy groups -OCH3 is 2. The smallest absolute Gasteiger partial charge is 0.312 e. The van der Waals surface area contributed by atoms with E-state index in [0.717, 1.165) is 22.6 Å². The number of hydrogen-bond acceptors (Lipinski definition) is 13. The molecule has 11 atom stereocenters. The average molecular weight is 1160 g/mol. The van der Waals surface area contributed by atoms with Crippen molar-refractivity contribution in [2.45, 2.75) is 175 Å². The highest BCUT2D eigenvalue weighted by Gasteiger charge is 2.43. The number of nitrogens with zero attached hydrogens (tertiary/aromatic N) is 4. The van der Waals surface area contributed by atoms with Gasteiger partial charge < -0.3 is 57.3 Å². The highest BCUT2D eigenvalue weighted by molar-refractivity contribution is 7.09. The predicted molar refractivity (Wildman–Crippen MR) is 322 cm³/mol. The van der Waals surface area contributed by atoms with Gasteiger partial charge >= 0.3 is 6.03 Å². The van der Waals surface area contributed by atoms with Gasteiger partial charge in [-0.3, -0.25) is 33.7 Å². The van der Waals surface area contributed by atoms with Crippen molar-refractivity contribution in [2.24, 2.45) is 41.1 Å². The molecule has 0 unspecified atom stereocenters. The summed E-state index contributed by atoms with van der Waals surface area (Å²) < 4.78 is 12.3. The van der Waals surface area contributed by atoms with Gasteiger partial charge in [0.2, 0.25) is 35.4 Å². The summed E-state index contributed by atoms with van der Waals surface area (Å²) in [5, 5.41) is 17.2. The van der Waals surface area contributed by atoms with Crippen LogP contribution < -0.4 is 38.1 Å². The summed E-state index contributed by atoms with van der Waals surface area (Å²) in [5.74, 6) is -2.65. The molecule has 1 aliphatic heterocycles. The van der Waals surface area contributed by atoms with E-state index in [0.29, 0.717) is 57.3 Å². The molecule has 9 N–H and O–H groups in total. The van der Waals surface area contributed by atoms with Gasteiger partial charge in [0.1, 0.15) is 17.1 Å². The zero-order valence-corrected chi connectivity index (χ0v) is 51.8. The first-order chi connectivity index (χ1) is 38.9. The van der Waals surface area contributed by atoms with Crippen LogP contribution in [0.2, 0.25) is 0 Å². The maximum atomic E-state index is 14.9. The number of benzene rings is 2. The largest absolute Gasteiger partial charge is 0.379 e. The third kappa shape index (κ3) is 20.4. The monoisotopic (exact) mass is 1160 g/mol. The molecule has 0 bridgehead atoms. The lowest BCUT2D eigenvalue weighted by Crippen LogP contribution is -2.59. The van der Waals surface area contributed by atoms with Crippen molar-refractivity contribution in [2.75, 3.05) is 53.3 Å². The molecule has 8 amide bonds. The summed E-state index contributed by atoms with van der Waals surface area (Å²) in [4.78, 5) is 106. The maximum Gasteiger partial charge on any atom is 0.312 e. The van der Waals surface area contributed by atoms with Crippen LogP contribution in [-0.2, 0) is 51.1 Å². The summed E-state index contributed by atoms with van der Waals surface area (Å²) in [5.41, 5.74) is 13.8. The third-order valence-corrected chi connectivity index (χ3v) is 16.8. The molecule has 2 aromatic carbocycles. The normalized spacial score (nSPS) is 17.2. The van der Waals surface area contributed by atoms with Gasteiger partial charge in [-0.05, 0) is 98.9 Å². The Bertz CT molecular complexity index is 2470. The molecule has 1 fully saturated rings. The van der Waals surface area contributed by atoms with Crippen LogP contribution in [0.4, 0.5) is 10.5 Å². The number of likely N-dealkylation sites (tertiary alicyclic amines) is 1. The van der Waals surface area contributed by atoms with E-state index in [1.165, 1.54) is 11.3 Å². The minimum atomic E-state index is -0.905. The fourth-order valence-corrected chi connectivity index (χ4v) is 11.7. The van der Waals surface area contributed by atoms with Crippen LogP contribution in [0.5, 0.6) is 0 Å². The number of primary amides is 1. The van der Waals surface area contributed by atoms with Crippen LogP contribution in [-0.4, -0.2) is 158 Å². The van der Waals surface area contributed by atoms with Crippen molar-refractivity contribution in [1.82, 2.24) is 41.0 Å². The van der Waals surface area contributed by atoms with Gasteiger partial charge in [0.25, 0.3) is 0 Å². The number of ether oxygens (including phenoxy) is 2. The second-order valence-corrected chi connectivity index (χ2v) is 24.2. The van der Waals surface area contributed by atoms with Gasteiger partial charge in [-0.15, -0.1) is 11.3 Å². The summed E-state index contributed by atoms with van der Waals surface area (Å²) in [6.07, 6.45) is 4.71. The van der Waals surface area contributed by atoms with Crippen LogP contribution in [0.25, 0.3) is 0 Å². The number of thiazole rings is 1. The Kier molecular flexibility index (Phi) is 28.4. The molecule has 4 rings (SSSR count). The SMILES string of the molecule is CC[C@H](C)[C@@H]([C@@H](CC(=O)N1CCC[C@H]1[C@H](OC)[C@@H](C)C(=O)N[C@@H](Cc1ccccc1)c1nccs1)OC)N(C)C(=O)[C@H](CC(C)C)NC(=O)[C@H](C(C)C)N(C)CCc1ccc(NC(=O)[C@H](CCCNC(N)=O)NC(=O)[C@@H](N)C(C)C)cc1. The van der Waals surface area contributed by atoms with Gasteiger partial charge in [0, 0.05) is 58.2 Å². The molecule has 2 heterocycles. The number of carbonyl (C=O) groups is 7. The molecule has 0 spiro atoms. The van der Waals surface area contributed by atoms with Gasteiger partial charge in [-0.1, -0.05) is 111 Å². The Hall–Kier alpha value is -6.00. The maximum absolute atomic E-state index is 14.9. The van der Waals surface area contributed by atoms with Crippen molar-refractivity contribution < 1.29 is 43.0 Å². The van der Waals surface area contributed by atoms with Gasteiger partial charge in [-0.2, -0.15) is 0 Å². The van der Waals surface area contributed by atoms with E-state index in [2.05, 4.69) is 31.6 Å². The van der Waals surface area contributed by atoms with E-state index >= 15 is 0 Å². The lowest BCUT2D eigenvalue weighted by atomic mass is 9.89. The molecular formula is C61H97N11O9S. The van der Waals surface area contributed by atoms with Crippen molar-refractivity contribution in [3.05, 3.63) is 82.3 Å². The third-order valence-electron chi connectivity index (χ3n) is 15.9. The van der Waals surface area contributed by atoms with Crippen molar-refractivity contribution >= 4 is 58.5 Å². The van der Waals surface area contributed by atoms with Crippen LogP contribution in [0.3, 0.4) is 0 Å². The minimum Gasteiger partial charge on any atom is -0.379 e. The molecule has 3 aromatic rings. The van der Waals surface area contributed by atoms with E-state index < -0.39 is 66.2 Å². The second kappa shape index (κ2) is 33.9. The number of amides is 8. The standard InChI is InChI=1S/C61H97N11O9S/c1-14-40(8)53(49(80-12)36-50(73)72-31-19-23-48(72)54(81-13)41(9)55(74)68-46(59-64-30-33-82-59)35-43-20-16-15-17-21-43)71(11)60(78)47(34-37(2)3)69-58(77)52(39(6)7)70(10)32-28-42-24-26-44(27-25-42)66-56(75)45(22-18-29-65-61(63)79)67-57(76)51(62)38(4)5/h15-17,20-21,24-27,30,33,37-41,45-49,51-54H,14,18-19,22-23,28-29,31-32,34-36,62H2,1-13H3,(H,66,75)(H,67,76)(H,68,74)(H,69,77)(H3,63,65,79)/t40-,41+,45-,46-,47-,48-,49+,51-,52-,53-,54+/m0/s1. The van der Waals surface area contributed by atoms with Crippen molar-refractivity contribution in [3.8, 4) is 0 Å². The molecule has 0 aliphatic carbocycles. The molecule has 20 nitrogen and oxygen atoms in total. The number of aromatic nitrogens is 1. The number of urea groups is 1. The molecule has 21 heteroatoms. The molecule has 1 saturated heterocycles. The Balaban J connectivity index is 1.43. The van der Waals surface area contributed by atoms with Crippen LogP contribution in [0, 0.1) is 29.6 Å². The van der Waals surface area contributed by atoms with E-state index in [9.17, 15) is 33.6 Å². The number of likely N-dealkylation sites (N-methyl/N-ethyl adjacent to an activating group) is 2. The fraction of sp³-hybridized carbons (Fsp3) is 0.639. The van der Waals surface area contributed by atoms with E-state index in [4.69, 9.17) is 20.9 Å². The lowest BCUT2D eigenvalue weighted by molar-refractivity contribution is -0.147. The average Bonchev–Trinajstić information content (AvgIpc) is 4.23. The first-order valence-electron chi connectivity index (χ1n) is 29.3. The number of carbonyl (C=O) groups excluding carboxylic acids is 7. The lowest BCUT2D eigenvalue weighted by Gasteiger charge is -2.41. The van der Waals surface area contributed by atoms with Crippen LogP contribution >= 0.6 is 11.3 Å². The summed E-state index contributed by atoms with van der Waals surface area (Å²) in [7, 11) is 6.78. The van der Waals surface area contributed by atoms with Gasteiger partial charge in [0.05, 0.1) is 54.8 Å². The second-order valence-electron chi connectivity index (χ2n) is 23.3. The predicted octanol–water partition coefficient (Wildman–Crippen LogP) is 6.05. The Morgan fingerprint density at radius 3 is 2.06 bits per heavy atom. The van der Waals surface area contributed by atoms with Gasteiger partial charge in [-0.25, -0.2) is 9.78 Å². The quantitative estimate of drug-likeness (QED) is 0.0337. The molecule has 82 heavy (non-hydrogen) atoms. The molecule has 1 aromatic heterocycles. The number of nitrogens with two attached hydrogens (primary N) is 2. The Morgan fingerprint density at radius 2 is 1.49 bits per heavy atom. The first kappa shape index (κ1) is 68.5. The van der Waals surface area contributed by atoms with E-state index in [1.807, 2.05) is 127 Å². The molecule has 456 valence electrons. The summed E-state index contributed by atoms with van der Waals surface area (Å²) in [6, 6.07) is 12.3. The number of hydrogen-bond donors (Lipinski definition) is 7. The molecular weight excluding hydrogens is 1060 g/mol. The Morgan fingerprint density at radius 1 is 0.817 bits per heavy atom. The summed E-state index contributed by atoms with van der Waals surface area (Å²) >= 11 is 1.49. The molecule has 0 saturated carbocycles. The van der Waals surface area contributed by atoms with E-state index in [1.54, 1.807) is 44.5 Å². The highest BCUT2D eigenvalue weighted by atomic mass is 32.1. The van der Waals surface area contributed by atoms with Crippen LogP contribution in [0.1, 0.15) is 129 Å². The topological polar surface area (TPSA) is 273 Å². The zero-order chi connectivity index (χ0) is 60.8. The fourth-order valence-electron chi connectivity index (χ4n) is 11.1. The first-order valence-corrected chi connectivity index (χ1v) is 30.2. The van der Waals surface area contributed by atoms with E-state index in [-0.39, 0.29) is 78.8 Å². The number of anilines is 1. The van der Waals surface area contributed by atoms with Crippen LogP contribution in [0.15, 0.2) is 66.2 Å².